The molecule has 0 saturated carbocycles. The van der Waals surface area contributed by atoms with Crippen LogP contribution in [0.25, 0.3) is 0 Å². The third-order valence-electron chi connectivity index (χ3n) is 4.37. The van der Waals surface area contributed by atoms with E-state index >= 15 is 0 Å². The van der Waals surface area contributed by atoms with Crippen LogP contribution in [-0.4, -0.2) is 53.5 Å². The molecule has 0 aromatic carbocycles. The van der Waals surface area contributed by atoms with Crippen LogP contribution in [0.1, 0.15) is 47.0 Å². The number of nitrogens with one attached hydrogen (secondary N) is 2. The van der Waals surface area contributed by atoms with Crippen LogP contribution >= 0.6 is 0 Å². The SMILES string of the molecule is CC[C@H](C)[C@H](N)C(=O)N[C@H](C(=O)N[C@@H](CCCN=C(N)N)C(=O)O)C(C)C. The predicted octanol–water partition coefficient (Wildman–Crippen LogP) is -0.876. The standard InChI is InChI=1S/C17H34N6O4/c1-5-10(4)12(18)14(24)23-13(9(2)3)15(25)22-11(16(26)27)7-6-8-21-17(19)20/h9-13H,5-8,18H2,1-4H3,(H,22,25)(H,23,24)(H,26,27)(H4,19,20,21)/t10-,11-,12-,13-/m0/s1. The number of amides is 2. The number of hydrogen-bond acceptors (Lipinski definition) is 5. The van der Waals surface area contributed by atoms with E-state index in [-0.39, 0.29) is 30.8 Å². The van der Waals surface area contributed by atoms with Crippen molar-refractivity contribution >= 4 is 23.7 Å². The van der Waals surface area contributed by atoms with Crippen molar-refractivity contribution in [3.05, 3.63) is 0 Å². The fourth-order valence-electron chi connectivity index (χ4n) is 2.32. The smallest absolute Gasteiger partial charge is 0.326 e. The van der Waals surface area contributed by atoms with Crippen LogP contribution in [0.2, 0.25) is 0 Å². The van der Waals surface area contributed by atoms with Gasteiger partial charge >= 0.3 is 5.97 Å². The van der Waals surface area contributed by atoms with Gasteiger partial charge in [0, 0.05) is 6.54 Å². The van der Waals surface area contributed by atoms with Gasteiger partial charge < -0.3 is 32.9 Å². The Morgan fingerprint density at radius 2 is 1.67 bits per heavy atom. The van der Waals surface area contributed by atoms with E-state index in [2.05, 4.69) is 15.6 Å². The number of carbonyl (C=O) groups excluding carboxylic acids is 2. The summed E-state index contributed by atoms with van der Waals surface area (Å²) in [5.41, 5.74) is 16.3. The summed E-state index contributed by atoms with van der Waals surface area (Å²) in [5.74, 6) is -2.52. The van der Waals surface area contributed by atoms with Crippen molar-refractivity contribution in [2.75, 3.05) is 6.54 Å². The van der Waals surface area contributed by atoms with Gasteiger partial charge in [0.1, 0.15) is 12.1 Å². The lowest BCUT2D eigenvalue weighted by molar-refractivity contribution is -0.142. The molecule has 0 aliphatic heterocycles. The van der Waals surface area contributed by atoms with E-state index in [0.29, 0.717) is 6.42 Å². The Kier molecular flexibility index (Phi) is 11.0. The first-order valence-corrected chi connectivity index (χ1v) is 9.15. The van der Waals surface area contributed by atoms with Crippen LogP contribution in [0, 0.1) is 11.8 Å². The Labute approximate surface area is 160 Å². The number of nitrogens with zero attached hydrogens (tertiary/aromatic N) is 1. The molecular formula is C17H34N6O4. The Balaban J connectivity index is 4.94. The number of aliphatic imine (C=N–C) groups is 1. The second-order valence-corrected chi connectivity index (χ2v) is 6.99. The normalized spacial score (nSPS) is 15.3. The second-order valence-electron chi connectivity index (χ2n) is 6.99. The van der Waals surface area contributed by atoms with Gasteiger partial charge in [-0.3, -0.25) is 14.6 Å². The largest absolute Gasteiger partial charge is 0.480 e. The summed E-state index contributed by atoms with van der Waals surface area (Å²) < 4.78 is 0. The van der Waals surface area contributed by atoms with Crippen molar-refractivity contribution in [2.45, 2.75) is 65.1 Å². The zero-order valence-corrected chi connectivity index (χ0v) is 16.6. The molecule has 0 aliphatic rings. The molecule has 9 N–H and O–H groups in total. The van der Waals surface area contributed by atoms with Gasteiger partial charge in [0.25, 0.3) is 0 Å². The van der Waals surface area contributed by atoms with Gasteiger partial charge in [-0.1, -0.05) is 34.1 Å². The van der Waals surface area contributed by atoms with Crippen LogP contribution in [0.15, 0.2) is 4.99 Å². The quantitative estimate of drug-likeness (QED) is 0.143. The lowest BCUT2D eigenvalue weighted by Crippen LogP contribution is -2.57. The number of carbonyl (C=O) groups is 3. The minimum absolute atomic E-state index is 0.0387. The molecule has 0 unspecified atom stereocenters. The molecular weight excluding hydrogens is 352 g/mol. The van der Waals surface area contributed by atoms with Crippen molar-refractivity contribution in [3.63, 3.8) is 0 Å². The molecule has 0 saturated heterocycles. The summed E-state index contributed by atoms with van der Waals surface area (Å²) in [6, 6.07) is -2.72. The van der Waals surface area contributed by atoms with Gasteiger partial charge in [-0.2, -0.15) is 0 Å². The molecule has 0 aromatic rings. The number of carboxylic acid groups (broad SMARTS) is 1. The summed E-state index contributed by atoms with van der Waals surface area (Å²) in [7, 11) is 0. The number of hydrogen-bond donors (Lipinski definition) is 6. The van der Waals surface area contributed by atoms with Gasteiger partial charge in [0.05, 0.1) is 6.04 Å². The zero-order valence-electron chi connectivity index (χ0n) is 16.6. The van der Waals surface area contributed by atoms with E-state index in [1.54, 1.807) is 13.8 Å². The van der Waals surface area contributed by atoms with Crippen molar-refractivity contribution in [1.29, 1.82) is 0 Å². The van der Waals surface area contributed by atoms with Crippen LogP contribution in [0.4, 0.5) is 0 Å². The highest BCUT2D eigenvalue weighted by Crippen LogP contribution is 2.09. The second kappa shape index (κ2) is 12.1. The summed E-state index contributed by atoms with van der Waals surface area (Å²) in [6.07, 6.45) is 1.26. The Bertz CT molecular complexity index is 534. The monoisotopic (exact) mass is 386 g/mol. The maximum absolute atomic E-state index is 12.5. The summed E-state index contributed by atoms with van der Waals surface area (Å²) in [4.78, 5) is 40.0. The number of nitrogens with two attached hydrogens (primary N) is 3. The molecule has 0 radical (unpaired) electrons. The highest BCUT2D eigenvalue weighted by Gasteiger charge is 2.30. The molecule has 27 heavy (non-hydrogen) atoms. The summed E-state index contributed by atoms with van der Waals surface area (Å²) in [6.45, 7) is 7.55. The molecule has 0 aromatic heterocycles. The third-order valence-corrected chi connectivity index (χ3v) is 4.37. The summed E-state index contributed by atoms with van der Waals surface area (Å²) in [5, 5.41) is 14.4. The highest BCUT2D eigenvalue weighted by molar-refractivity contribution is 5.92. The number of guanidine groups is 1. The first-order valence-electron chi connectivity index (χ1n) is 9.15. The Morgan fingerprint density at radius 3 is 2.11 bits per heavy atom. The molecule has 0 bridgehead atoms. The maximum Gasteiger partial charge on any atom is 0.326 e. The minimum atomic E-state index is -1.17. The average Bonchev–Trinajstić information content (AvgIpc) is 2.59. The topological polar surface area (TPSA) is 186 Å². The molecule has 0 fully saturated rings. The van der Waals surface area contributed by atoms with Gasteiger partial charge in [0.15, 0.2) is 5.96 Å². The van der Waals surface area contributed by atoms with Crippen LogP contribution in [-0.2, 0) is 14.4 Å². The zero-order chi connectivity index (χ0) is 21.1. The molecule has 0 heterocycles. The van der Waals surface area contributed by atoms with E-state index in [1.165, 1.54) is 0 Å². The van der Waals surface area contributed by atoms with E-state index < -0.39 is 35.9 Å². The molecule has 10 nitrogen and oxygen atoms in total. The fourth-order valence-corrected chi connectivity index (χ4v) is 2.32. The van der Waals surface area contributed by atoms with Crippen molar-refractivity contribution in [3.8, 4) is 0 Å². The number of rotatable bonds is 12. The predicted molar refractivity (Wildman–Crippen MR) is 104 cm³/mol. The van der Waals surface area contributed by atoms with E-state index in [4.69, 9.17) is 17.2 Å². The first kappa shape index (κ1) is 24.6. The van der Waals surface area contributed by atoms with Gasteiger partial charge in [-0.15, -0.1) is 0 Å². The molecule has 0 rings (SSSR count). The Hall–Kier alpha value is -2.36. The summed E-state index contributed by atoms with van der Waals surface area (Å²) >= 11 is 0. The third kappa shape index (κ3) is 9.23. The van der Waals surface area contributed by atoms with Crippen molar-refractivity contribution in [1.82, 2.24) is 10.6 Å². The van der Waals surface area contributed by atoms with E-state index in [9.17, 15) is 19.5 Å². The van der Waals surface area contributed by atoms with Crippen LogP contribution < -0.4 is 27.8 Å². The molecule has 4 atom stereocenters. The van der Waals surface area contributed by atoms with Gasteiger partial charge in [0.2, 0.25) is 11.8 Å². The first-order chi connectivity index (χ1) is 12.5. The molecule has 156 valence electrons. The van der Waals surface area contributed by atoms with Crippen molar-refractivity contribution in [2.24, 2.45) is 34.0 Å². The van der Waals surface area contributed by atoms with Crippen molar-refractivity contribution < 1.29 is 19.5 Å². The van der Waals surface area contributed by atoms with Crippen LogP contribution in [0.5, 0.6) is 0 Å². The molecule has 2 amide bonds. The number of aliphatic carboxylic acids is 1. The van der Waals surface area contributed by atoms with Crippen LogP contribution in [0.3, 0.4) is 0 Å². The van der Waals surface area contributed by atoms with Gasteiger partial charge in [-0.05, 0) is 24.7 Å². The Morgan fingerprint density at radius 1 is 1.07 bits per heavy atom. The average molecular weight is 386 g/mol. The maximum atomic E-state index is 12.5. The molecule has 0 aliphatic carbocycles. The fraction of sp³-hybridized carbons (Fsp3) is 0.765. The molecule has 0 spiro atoms. The highest BCUT2D eigenvalue weighted by atomic mass is 16.4. The van der Waals surface area contributed by atoms with E-state index in [0.717, 1.165) is 6.42 Å². The van der Waals surface area contributed by atoms with E-state index in [1.807, 2.05) is 13.8 Å². The van der Waals surface area contributed by atoms with Gasteiger partial charge in [-0.25, -0.2) is 4.79 Å². The minimum Gasteiger partial charge on any atom is -0.480 e. The lowest BCUT2D eigenvalue weighted by atomic mass is 9.97. The molecule has 10 heteroatoms. The number of carboxylic acids is 1. The lowest BCUT2D eigenvalue weighted by Gasteiger charge is -2.26.